The number of aliphatic hydroxyl groups is 5. The van der Waals surface area contributed by atoms with Crippen LogP contribution in [0.15, 0.2) is 64.7 Å². The molecule has 4 aliphatic rings. The molecular weight excluding hydrogens is 632 g/mol. The number of ether oxygens (including phenoxy) is 4. The zero-order valence-electron chi connectivity index (χ0n) is 26.8. The summed E-state index contributed by atoms with van der Waals surface area (Å²) < 4.78 is 23.1. The second kappa shape index (κ2) is 17.1. The lowest BCUT2D eigenvalue weighted by molar-refractivity contribution is -0.338. The fourth-order valence-corrected chi connectivity index (χ4v) is 6.08. The number of guanidine groups is 1. The molecular formula is C32H46N4O12. The second-order valence-electron chi connectivity index (χ2n) is 12.0. The van der Waals surface area contributed by atoms with Crippen LogP contribution in [0.2, 0.25) is 0 Å². The zero-order chi connectivity index (χ0) is 35.0. The molecule has 16 nitrogen and oxygen atoms in total. The van der Waals surface area contributed by atoms with E-state index in [0.29, 0.717) is 5.57 Å². The summed E-state index contributed by atoms with van der Waals surface area (Å²) in [6, 6.07) is 0. The third kappa shape index (κ3) is 8.63. The van der Waals surface area contributed by atoms with Gasteiger partial charge in [-0.25, -0.2) is 9.59 Å². The minimum Gasteiger partial charge on any atom is -0.478 e. The Labute approximate surface area is 278 Å². The molecule has 3 heterocycles. The Bertz CT molecular complexity index is 1320. The number of β-amino-alcohol motifs (C(OH)–C–C–N with tert-alkyl or cyclic N) is 1. The van der Waals surface area contributed by atoms with E-state index in [-0.39, 0.29) is 48.6 Å². The van der Waals surface area contributed by atoms with Gasteiger partial charge in [-0.1, -0.05) is 24.6 Å². The Morgan fingerprint density at radius 3 is 2.50 bits per heavy atom. The highest BCUT2D eigenvalue weighted by atomic mass is 16.8. The third-order valence-corrected chi connectivity index (χ3v) is 8.76. The molecule has 0 aromatic heterocycles. The highest BCUT2D eigenvalue weighted by Crippen LogP contribution is 2.37. The maximum absolute atomic E-state index is 13.6. The average Bonchev–Trinajstić information content (AvgIpc) is 3.08. The third-order valence-electron chi connectivity index (χ3n) is 8.76. The minimum atomic E-state index is -1.71. The van der Waals surface area contributed by atoms with Crippen LogP contribution < -0.4 is 11.1 Å². The van der Waals surface area contributed by atoms with Crippen LogP contribution in [0.3, 0.4) is 0 Å². The number of nitrogens with zero attached hydrogens (tertiary/aromatic N) is 2. The van der Waals surface area contributed by atoms with E-state index in [1.807, 2.05) is 0 Å². The molecule has 0 radical (unpaired) electrons. The van der Waals surface area contributed by atoms with Gasteiger partial charge in [-0.15, -0.1) is 6.58 Å². The number of aliphatic imine (C=N–C) groups is 1. The highest BCUT2D eigenvalue weighted by molar-refractivity contribution is 5.95. The lowest BCUT2D eigenvalue weighted by Gasteiger charge is -2.42. The van der Waals surface area contributed by atoms with Crippen LogP contribution in [0.25, 0.3) is 0 Å². The van der Waals surface area contributed by atoms with E-state index in [9.17, 15) is 40.2 Å². The van der Waals surface area contributed by atoms with Crippen molar-refractivity contribution in [3.63, 3.8) is 0 Å². The number of hydrogen-bond donors (Lipinski definition) is 8. The SMILES string of the molecule is C=C[C@H]1[C@H](O[C@@H]2O[C@H](CO)[C@@H](O)[C@H](O)[C@H]2O)OC=C(C(=O)OC2CCCCC2)[C@H]1/C=C/C1=C(NC(N)=NC)C(C(=O)O)=CN(CCO)C1. The number of nitrogens with one attached hydrogen (secondary N) is 1. The zero-order valence-corrected chi connectivity index (χ0v) is 26.8. The summed E-state index contributed by atoms with van der Waals surface area (Å²) in [4.78, 5) is 31.4. The molecule has 0 aromatic carbocycles. The van der Waals surface area contributed by atoms with Gasteiger partial charge >= 0.3 is 11.9 Å². The van der Waals surface area contributed by atoms with Crippen molar-refractivity contribution in [2.45, 2.75) is 75.2 Å². The number of carboxylic acids is 1. The van der Waals surface area contributed by atoms with Crippen LogP contribution in [0.4, 0.5) is 0 Å². The van der Waals surface area contributed by atoms with Gasteiger partial charge in [0, 0.05) is 32.3 Å². The number of carbonyl (C=O) groups is 2. The van der Waals surface area contributed by atoms with Gasteiger partial charge in [-0.2, -0.15) is 0 Å². The molecule has 1 saturated carbocycles. The van der Waals surface area contributed by atoms with Gasteiger partial charge in [0.25, 0.3) is 0 Å². The Balaban J connectivity index is 1.72. The molecule has 2 fully saturated rings. The van der Waals surface area contributed by atoms with Crippen molar-refractivity contribution in [1.82, 2.24) is 10.2 Å². The number of nitrogens with two attached hydrogens (primary N) is 1. The van der Waals surface area contributed by atoms with E-state index in [0.717, 1.165) is 32.1 Å². The smallest absolute Gasteiger partial charge is 0.339 e. The Morgan fingerprint density at radius 1 is 1.15 bits per heavy atom. The monoisotopic (exact) mass is 678 g/mol. The highest BCUT2D eigenvalue weighted by Gasteiger charge is 2.47. The standard InChI is InChI=1S/C32H46N4O12/c1-3-19-20(10-9-17-13-36(11-12-37)14-21(28(42)43)24(17)35-32(33)34-2)22(29(44)46-18-7-5-4-6-8-18)16-45-30(19)48-31-27(41)26(40)25(39)23(15-38)47-31/h3,9-10,14,16,18-20,23,25-27,30-31,37-41H,1,4-8,11-13,15H2,2H3,(H,42,43)(H3,33,34,35)/b10-9+/t19-,20+,23-,25-,26+,27-,30+,31+/m1/s1. The first-order chi connectivity index (χ1) is 23.0. The number of hydrogen-bond acceptors (Lipinski definition) is 13. The maximum atomic E-state index is 13.6. The van der Waals surface area contributed by atoms with E-state index < -0.39 is 67.4 Å². The molecule has 48 heavy (non-hydrogen) atoms. The molecule has 4 rings (SSSR count). The Morgan fingerprint density at radius 2 is 1.88 bits per heavy atom. The lowest BCUT2D eigenvalue weighted by atomic mass is 9.83. The number of carboxylic acid groups (broad SMARTS) is 1. The number of rotatable bonds is 12. The molecule has 8 atom stereocenters. The number of carbonyl (C=O) groups excluding carboxylic acids is 1. The predicted molar refractivity (Wildman–Crippen MR) is 169 cm³/mol. The van der Waals surface area contributed by atoms with E-state index in [1.54, 1.807) is 17.1 Å². The van der Waals surface area contributed by atoms with Gasteiger partial charge in [0.15, 0.2) is 12.2 Å². The van der Waals surface area contributed by atoms with Crippen LogP contribution in [-0.4, -0.2) is 130 Å². The normalized spacial score (nSPS) is 32.0. The number of allylic oxidation sites excluding steroid dienone is 1. The summed E-state index contributed by atoms with van der Waals surface area (Å²) in [6.45, 7) is 3.30. The fourth-order valence-electron chi connectivity index (χ4n) is 6.08. The Hall–Kier alpha value is -3.77. The minimum absolute atomic E-state index is 0.0432. The number of esters is 1. The van der Waals surface area contributed by atoms with Crippen molar-refractivity contribution in [3.8, 4) is 0 Å². The molecule has 0 aromatic rings. The summed E-state index contributed by atoms with van der Waals surface area (Å²) in [7, 11) is 1.44. The molecule has 3 aliphatic heterocycles. The van der Waals surface area contributed by atoms with Crippen LogP contribution in [-0.2, 0) is 28.5 Å². The number of aliphatic hydroxyl groups excluding tert-OH is 5. The van der Waals surface area contributed by atoms with Crippen molar-refractivity contribution in [2.75, 3.05) is 33.4 Å². The van der Waals surface area contributed by atoms with E-state index >= 15 is 0 Å². The maximum Gasteiger partial charge on any atom is 0.339 e. The van der Waals surface area contributed by atoms with Crippen LogP contribution >= 0.6 is 0 Å². The largest absolute Gasteiger partial charge is 0.478 e. The average molecular weight is 679 g/mol. The first kappa shape index (κ1) is 37.1. The van der Waals surface area contributed by atoms with Gasteiger partial charge < -0.3 is 65.5 Å². The van der Waals surface area contributed by atoms with Crippen molar-refractivity contribution in [3.05, 3.63) is 59.7 Å². The van der Waals surface area contributed by atoms with Crippen molar-refractivity contribution in [1.29, 1.82) is 0 Å². The van der Waals surface area contributed by atoms with Crippen molar-refractivity contribution >= 4 is 17.9 Å². The summed E-state index contributed by atoms with van der Waals surface area (Å²) >= 11 is 0. The van der Waals surface area contributed by atoms with Crippen LogP contribution in [0, 0.1) is 11.8 Å². The van der Waals surface area contributed by atoms with Gasteiger partial charge in [0.2, 0.25) is 6.29 Å². The summed E-state index contributed by atoms with van der Waals surface area (Å²) in [5.74, 6) is -3.59. The number of aliphatic carboxylic acids is 1. The van der Waals surface area contributed by atoms with Gasteiger partial charge in [0.1, 0.15) is 30.5 Å². The lowest BCUT2D eigenvalue weighted by Crippen LogP contribution is -2.60. The summed E-state index contributed by atoms with van der Waals surface area (Å²) in [5.41, 5.74) is 6.50. The molecule has 16 heteroatoms. The van der Waals surface area contributed by atoms with Crippen molar-refractivity contribution < 1.29 is 59.2 Å². The summed E-state index contributed by atoms with van der Waals surface area (Å²) in [5, 5.41) is 63.1. The second-order valence-corrected chi connectivity index (χ2v) is 12.0. The van der Waals surface area contributed by atoms with Gasteiger partial charge in [-0.3, -0.25) is 4.99 Å². The summed E-state index contributed by atoms with van der Waals surface area (Å²) in [6.07, 6.45) is 2.38. The molecule has 0 unspecified atom stereocenters. The molecule has 0 amide bonds. The van der Waals surface area contributed by atoms with Crippen LogP contribution in [0.1, 0.15) is 32.1 Å². The first-order valence-electron chi connectivity index (χ1n) is 15.9. The Kier molecular flexibility index (Phi) is 13.2. The van der Waals surface area contributed by atoms with E-state index in [4.69, 9.17) is 24.7 Å². The van der Waals surface area contributed by atoms with E-state index in [1.165, 1.54) is 25.6 Å². The van der Waals surface area contributed by atoms with E-state index in [2.05, 4.69) is 16.9 Å². The van der Waals surface area contributed by atoms with Crippen LogP contribution in [0.5, 0.6) is 0 Å². The first-order valence-corrected chi connectivity index (χ1v) is 15.9. The molecule has 1 saturated heterocycles. The topological polar surface area (TPSA) is 246 Å². The van der Waals surface area contributed by atoms with Gasteiger partial charge in [-0.05, 0) is 31.3 Å². The molecule has 0 spiro atoms. The molecule has 0 bridgehead atoms. The fraction of sp³-hybridized carbons (Fsp3) is 0.594. The molecule has 266 valence electrons. The predicted octanol–water partition coefficient (Wildman–Crippen LogP) is -1.04. The van der Waals surface area contributed by atoms with Crippen molar-refractivity contribution in [2.24, 2.45) is 22.6 Å². The molecule has 9 N–H and O–H groups in total. The quantitative estimate of drug-likeness (QED) is 0.0532. The molecule has 1 aliphatic carbocycles. The van der Waals surface area contributed by atoms with Gasteiger partial charge in [0.05, 0.1) is 42.2 Å².